The van der Waals surface area contributed by atoms with Crippen LogP contribution in [0.1, 0.15) is 11.3 Å². The molecule has 0 saturated carbocycles. The van der Waals surface area contributed by atoms with Crippen LogP contribution >= 0.6 is 0 Å². The molecule has 2 N–H and O–H groups in total. The number of hydrogen-bond donors (Lipinski definition) is 2. The molecule has 1 amide bonds. The van der Waals surface area contributed by atoms with Gasteiger partial charge in [-0.3, -0.25) is 14.9 Å². The highest BCUT2D eigenvalue weighted by Crippen LogP contribution is 2.32. The van der Waals surface area contributed by atoms with Gasteiger partial charge in [-0.2, -0.15) is 0 Å². The fraction of sp³-hybridized carbons (Fsp3) is 0.357. The van der Waals surface area contributed by atoms with Gasteiger partial charge in [-0.25, -0.2) is 5.48 Å². The maximum Gasteiger partial charge on any atom is 0.257 e. The van der Waals surface area contributed by atoms with Crippen LogP contribution in [0.4, 0.5) is 0 Å². The standard InChI is InChI=1S/C14H16N2O4/c1-19-9-2-3-10-11-4-5-16(8-14(17)15-18)7-13(11)20-12(10)6-9/h2-3,6,18H,4-5,7-8H2,1H3,(H,15,17). The third kappa shape index (κ3) is 2.23. The summed E-state index contributed by atoms with van der Waals surface area (Å²) in [6.45, 7) is 1.50. The van der Waals surface area contributed by atoms with Gasteiger partial charge in [0.05, 0.1) is 20.2 Å². The SMILES string of the molecule is COc1ccc2c3c(oc2c1)CN(CC(=O)NO)CC3. The van der Waals surface area contributed by atoms with Crippen LogP contribution in [0, 0.1) is 0 Å². The van der Waals surface area contributed by atoms with E-state index in [2.05, 4.69) is 0 Å². The van der Waals surface area contributed by atoms with Crippen molar-refractivity contribution in [2.24, 2.45) is 0 Å². The highest BCUT2D eigenvalue weighted by molar-refractivity contribution is 5.84. The first-order chi connectivity index (χ1) is 9.71. The van der Waals surface area contributed by atoms with Crippen molar-refractivity contribution in [3.63, 3.8) is 0 Å². The highest BCUT2D eigenvalue weighted by atomic mass is 16.5. The lowest BCUT2D eigenvalue weighted by Gasteiger charge is -2.24. The maximum absolute atomic E-state index is 11.2. The number of rotatable bonds is 3. The summed E-state index contributed by atoms with van der Waals surface area (Å²) in [5.74, 6) is 1.23. The molecule has 0 saturated heterocycles. The van der Waals surface area contributed by atoms with Crippen molar-refractivity contribution >= 4 is 16.9 Å². The van der Waals surface area contributed by atoms with E-state index in [0.29, 0.717) is 6.54 Å². The first-order valence-electron chi connectivity index (χ1n) is 6.45. The third-order valence-corrected chi connectivity index (χ3v) is 3.62. The van der Waals surface area contributed by atoms with E-state index in [1.54, 1.807) is 12.6 Å². The summed E-state index contributed by atoms with van der Waals surface area (Å²) in [6.07, 6.45) is 0.827. The second-order valence-corrected chi connectivity index (χ2v) is 4.86. The van der Waals surface area contributed by atoms with Gasteiger partial charge in [0, 0.05) is 23.6 Å². The molecule has 0 unspecified atom stereocenters. The van der Waals surface area contributed by atoms with Gasteiger partial charge in [0.25, 0.3) is 5.91 Å². The molecule has 0 radical (unpaired) electrons. The summed E-state index contributed by atoms with van der Waals surface area (Å²) < 4.78 is 11.1. The van der Waals surface area contributed by atoms with E-state index in [1.807, 2.05) is 23.1 Å². The fourth-order valence-electron chi connectivity index (χ4n) is 2.64. The average molecular weight is 276 g/mol. The molecule has 0 spiro atoms. The Balaban J connectivity index is 1.88. The van der Waals surface area contributed by atoms with Crippen LogP contribution in [0.15, 0.2) is 22.6 Å². The summed E-state index contributed by atoms with van der Waals surface area (Å²) in [4.78, 5) is 13.1. The van der Waals surface area contributed by atoms with Gasteiger partial charge in [-0.1, -0.05) is 0 Å². The Labute approximate surface area is 115 Å². The van der Waals surface area contributed by atoms with Crippen molar-refractivity contribution < 1.29 is 19.2 Å². The Morgan fingerprint density at radius 3 is 3.15 bits per heavy atom. The molecule has 0 bridgehead atoms. The van der Waals surface area contributed by atoms with E-state index < -0.39 is 5.91 Å². The van der Waals surface area contributed by atoms with Crippen LogP contribution in [0.2, 0.25) is 0 Å². The van der Waals surface area contributed by atoms with E-state index in [9.17, 15) is 4.79 Å². The second-order valence-electron chi connectivity index (χ2n) is 4.86. The van der Waals surface area contributed by atoms with Gasteiger partial charge in [0.1, 0.15) is 17.1 Å². The predicted octanol–water partition coefficient (Wildman–Crippen LogP) is 1.30. The topological polar surface area (TPSA) is 74.9 Å². The zero-order valence-corrected chi connectivity index (χ0v) is 11.2. The Kier molecular flexibility index (Phi) is 3.33. The van der Waals surface area contributed by atoms with E-state index in [-0.39, 0.29) is 6.54 Å². The van der Waals surface area contributed by atoms with Crippen LogP contribution < -0.4 is 10.2 Å². The summed E-state index contributed by atoms with van der Waals surface area (Å²) in [6, 6.07) is 5.80. The summed E-state index contributed by atoms with van der Waals surface area (Å²) in [5, 5.41) is 9.67. The zero-order valence-electron chi connectivity index (χ0n) is 11.2. The number of methoxy groups -OCH3 is 1. The Bertz CT molecular complexity index is 650. The quantitative estimate of drug-likeness (QED) is 0.653. The smallest absolute Gasteiger partial charge is 0.257 e. The van der Waals surface area contributed by atoms with Crippen molar-refractivity contribution in [1.29, 1.82) is 0 Å². The van der Waals surface area contributed by atoms with Gasteiger partial charge >= 0.3 is 0 Å². The fourth-order valence-corrected chi connectivity index (χ4v) is 2.64. The summed E-state index contributed by atoms with van der Waals surface area (Å²) >= 11 is 0. The number of furan rings is 1. The number of carbonyl (C=O) groups is 1. The largest absolute Gasteiger partial charge is 0.497 e. The molecular weight excluding hydrogens is 260 g/mol. The molecule has 1 aromatic heterocycles. The molecular formula is C14H16N2O4. The van der Waals surface area contributed by atoms with Gasteiger partial charge < -0.3 is 9.15 Å². The minimum atomic E-state index is -0.411. The molecule has 1 aliphatic heterocycles. The number of nitrogens with zero attached hydrogens (tertiary/aromatic N) is 1. The Morgan fingerprint density at radius 2 is 2.40 bits per heavy atom. The van der Waals surface area contributed by atoms with Crippen molar-refractivity contribution in [3.8, 4) is 5.75 Å². The number of benzene rings is 1. The molecule has 2 heterocycles. The maximum atomic E-state index is 11.2. The molecule has 106 valence electrons. The van der Waals surface area contributed by atoms with Gasteiger partial charge in [-0.05, 0) is 18.6 Å². The molecule has 2 aromatic rings. The second kappa shape index (κ2) is 5.15. The molecule has 6 nitrogen and oxygen atoms in total. The normalized spacial score (nSPS) is 15.1. The third-order valence-electron chi connectivity index (χ3n) is 3.62. The van der Waals surface area contributed by atoms with Crippen LogP contribution in [-0.2, 0) is 17.8 Å². The van der Waals surface area contributed by atoms with Gasteiger partial charge in [0.2, 0.25) is 0 Å². The molecule has 0 fully saturated rings. The van der Waals surface area contributed by atoms with Crippen molar-refractivity contribution in [2.45, 2.75) is 13.0 Å². The highest BCUT2D eigenvalue weighted by Gasteiger charge is 2.23. The molecule has 1 aromatic carbocycles. The van der Waals surface area contributed by atoms with Crippen LogP contribution in [-0.4, -0.2) is 36.2 Å². The lowest BCUT2D eigenvalue weighted by molar-refractivity contribution is -0.130. The number of ether oxygens (including phenoxy) is 1. The summed E-state index contributed by atoms with van der Waals surface area (Å²) in [5.41, 5.74) is 3.66. The van der Waals surface area contributed by atoms with Crippen LogP contribution in [0.25, 0.3) is 11.0 Å². The van der Waals surface area contributed by atoms with Gasteiger partial charge in [-0.15, -0.1) is 0 Å². The number of hydroxylamine groups is 1. The van der Waals surface area contributed by atoms with Crippen molar-refractivity contribution in [3.05, 3.63) is 29.5 Å². The zero-order chi connectivity index (χ0) is 14.1. The predicted molar refractivity (Wildman–Crippen MR) is 71.7 cm³/mol. The summed E-state index contributed by atoms with van der Waals surface area (Å²) in [7, 11) is 1.62. The first-order valence-corrected chi connectivity index (χ1v) is 6.45. The lowest BCUT2D eigenvalue weighted by Crippen LogP contribution is -2.38. The van der Waals surface area contributed by atoms with Crippen LogP contribution in [0.5, 0.6) is 5.75 Å². The molecule has 6 heteroatoms. The lowest BCUT2D eigenvalue weighted by atomic mass is 10.0. The molecule has 1 aliphatic rings. The number of carbonyl (C=O) groups excluding carboxylic acids is 1. The molecule has 3 rings (SSSR count). The van der Waals surface area contributed by atoms with E-state index in [1.165, 1.54) is 5.56 Å². The van der Waals surface area contributed by atoms with Gasteiger partial charge in [0.15, 0.2) is 0 Å². The minimum Gasteiger partial charge on any atom is -0.497 e. The minimum absolute atomic E-state index is 0.163. The Morgan fingerprint density at radius 1 is 1.55 bits per heavy atom. The number of amides is 1. The van der Waals surface area contributed by atoms with Crippen molar-refractivity contribution in [1.82, 2.24) is 10.4 Å². The Hall–Kier alpha value is -2.05. The van der Waals surface area contributed by atoms with E-state index in [0.717, 1.165) is 35.4 Å². The van der Waals surface area contributed by atoms with E-state index >= 15 is 0 Å². The number of nitrogens with one attached hydrogen (secondary N) is 1. The number of hydrogen-bond acceptors (Lipinski definition) is 5. The molecule has 20 heavy (non-hydrogen) atoms. The number of fused-ring (bicyclic) bond motifs is 3. The van der Waals surface area contributed by atoms with Crippen LogP contribution in [0.3, 0.4) is 0 Å². The monoisotopic (exact) mass is 276 g/mol. The average Bonchev–Trinajstić information content (AvgIpc) is 2.83. The van der Waals surface area contributed by atoms with Crippen molar-refractivity contribution in [2.75, 3.05) is 20.2 Å². The first kappa shape index (κ1) is 13.0. The molecule has 0 atom stereocenters. The van der Waals surface area contributed by atoms with E-state index in [4.69, 9.17) is 14.4 Å². The molecule has 0 aliphatic carbocycles.